The molecule has 1 aliphatic heterocycles. The molecule has 1 aliphatic rings. The summed E-state index contributed by atoms with van der Waals surface area (Å²) in [4.78, 5) is 32.5. The summed E-state index contributed by atoms with van der Waals surface area (Å²) in [5.41, 5.74) is 1.25. The number of rotatable bonds is 5. The molecule has 1 fully saturated rings. The molecule has 0 spiro atoms. The van der Waals surface area contributed by atoms with Crippen molar-refractivity contribution < 1.29 is 18.7 Å². The number of aromatic nitrogens is 1. The fourth-order valence-electron chi connectivity index (χ4n) is 3.05. The zero-order valence-electron chi connectivity index (χ0n) is 14.7. The molecule has 0 radical (unpaired) electrons. The second kappa shape index (κ2) is 7.51. The van der Waals surface area contributed by atoms with Crippen LogP contribution in [0, 0.1) is 5.82 Å². The van der Waals surface area contributed by atoms with Crippen molar-refractivity contribution in [2.45, 2.75) is 26.1 Å². The summed E-state index contributed by atoms with van der Waals surface area (Å²) in [6.45, 7) is 2.04. The second-order valence-electron chi connectivity index (χ2n) is 6.17. The van der Waals surface area contributed by atoms with Crippen LogP contribution in [0.15, 0.2) is 42.6 Å². The van der Waals surface area contributed by atoms with Gasteiger partial charge >= 0.3 is 0 Å². The molecular weight excluding hydrogens is 337 g/mol. The molecule has 7 heteroatoms. The number of piperazine rings is 1. The molecule has 2 amide bonds. The molecule has 1 saturated heterocycles. The molecule has 0 saturated carbocycles. The predicted molar refractivity (Wildman–Crippen MR) is 92.6 cm³/mol. The van der Waals surface area contributed by atoms with Gasteiger partial charge in [-0.05, 0) is 36.8 Å². The normalized spacial score (nSPS) is 17.6. The highest BCUT2D eigenvalue weighted by Crippen LogP contribution is 2.22. The maximum atomic E-state index is 13.4. The van der Waals surface area contributed by atoms with Gasteiger partial charge in [0, 0.05) is 12.7 Å². The van der Waals surface area contributed by atoms with E-state index in [-0.39, 0.29) is 37.3 Å². The number of benzene rings is 1. The zero-order valence-corrected chi connectivity index (χ0v) is 14.7. The first-order valence-electron chi connectivity index (χ1n) is 8.30. The molecule has 1 aromatic carbocycles. The van der Waals surface area contributed by atoms with Gasteiger partial charge in [0.05, 0.1) is 13.7 Å². The number of hydrogen-bond acceptors (Lipinski definition) is 4. The highest BCUT2D eigenvalue weighted by Gasteiger charge is 2.36. The predicted octanol–water partition coefficient (Wildman–Crippen LogP) is 1.99. The van der Waals surface area contributed by atoms with E-state index >= 15 is 0 Å². The third-order valence-electron chi connectivity index (χ3n) is 4.43. The number of methoxy groups -OCH3 is 1. The molecule has 0 aliphatic carbocycles. The van der Waals surface area contributed by atoms with Gasteiger partial charge in [0.15, 0.2) is 0 Å². The number of carbonyl (C=O) groups excluding carboxylic acids is 2. The first-order valence-corrected chi connectivity index (χ1v) is 8.30. The molecule has 2 heterocycles. The van der Waals surface area contributed by atoms with Gasteiger partial charge in [-0.15, -0.1) is 0 Å². The van der Waals surface area contributed by atoms with Crippen LogP contribution >= 0.6 is 0 Å². The molecular formula is C19H20FN3O3. The van der Waals surface area contributed by atoms with Crippen molar-refractivity contribution in [1.29, 1.82) is 0 Å². The summed E-state index contributed by atoms with van der Waals surface area (Å²) in [7, 11) is 1.54. The molecule has 0 bridgehead atoms. The summed E-state index contributed by atoms with van der Waals surface area (Å²) < 4.78 is 18.6. The van der Waals surface area contributed by atoms with Crippen LogP contribution in [0.2, 0.25) is 0 Å². The van der Waals surface area contributed by atoms with Crippen LogP contribution < -0.4 is 4.74 Å². The zero-order chi connectivity index (χ0) is 18.7. The van der Waals surface area contributed by atoms with Crippen molar-refractivity contribution in [1.82, 2.24) is 14.8 Å². The minimum absolute atomic E-state index is 0.0468. The number of nitrogens with zero attached hydrogens (tertiary/aromatic N) is 3. The topological polar surface area (TPSA) is 62.7 Å². The number of hydrogen-bond donors (Lipinski definition) is 0. The Kier molecular flexibility index (Phi) is 5.16. The van der Waals surface area contributed by atoms with Gasteiger partial charge in [0.2, 0.25) is 11.8 Å². The molecule has 3 rings (SSSR count). The van der Waals surface area contributed by atoms with Gasteiger partial charge in [-0.25, -0.2) is 4.39 Å². The third-order valence-corrected chi connectivity index (χ3v) is 4.43. The van der Waals surface area contributed by atoms with Crippen LogP contribution in [-0.2, 0) is 22.7 Å². The summed E-state index contributed by atoms with van der Waals surface area (Å²) in [6.07, 6.45) is 1.62. The number of ether oxygens (including phenoxy) is 1. The minimum atomic E-state index is -0.628. The summed E-state index contributed by atoms with van der Waals surface area (Å²) in [6, 6.07) is 8.91. The maximum absolute atomic E-state index is 13.4. The Morgan fingerprint density at radius 2 is 2.04 bits per heavy atom. The molecule has 26 heavy (non-hydrogen) atoms. The van der Waals surface area contributed by atoms with Crippen LogP contribution in [0.25, 0.3) is 0 Å². The molecule has 0 N–H and O–H groups in total. The van der Waals surface area contributed by atoms with E-state index in [4.69, 9.17) is 4.74 Å². The second-order valence-corrected chi connectivity index (χ2v) is 6.17. The lowest BCUT2D eigenvalue weighted by Crippen LogP contribution is -2.58. The van der Waals surface area contributed by atoms with E-state index in [1.807, 2.05) is 0 Å². The summed E-state index contributed by atoms with van der Waals surface area (Å²) in [5.74, 6) is -0.151. The van der Waals surface area contributed by atoms with Crippen molar-refractivity contribution in [2.75, 3.05) is 13.7 Å². The Morgan fingerprint density at radius 1 is 1.23 bits per heavy atom. The maximum Gasteiger partial charge on any atom is 0.245 e. The highest BCUT2D eigenvalue weighted by atomic mass is 19.1. The molecule has 136 valence electrons. The van der Waals surface area contributed by atoms with Crippen LogP contribution in [0.3, 0.4) is 0 Å². The Morgan fingerprint density at radius 3 is 2.77 bits per heavy atom. The fraction of sp³-hybridized carbons (Fsp3) is 0.316. The lowest BCUT2D eigenvalue weighted by Gasteiger charge is -2.38. The van der Waals surface area contributed by atoms with E-state index in [0.29, 0.717) is 17.0 Å². The highest BCUT2D eigenvalue weighted by molar-refractivity contribution is 5.94. The van der Waals surface area contributed by atoms with Crippen molar-refractivity contribution in [2.24, 2.45) is 0 Å². The van der Waals surface area contributed by atoms with Crippen LogP contribution in [0.1, 0.15) is 18.2 Å². The molecule has 0 unspecified atom stereocenters. The van der Waals surface area contributed by atoms with Gasteiger partial charge in [-0.1, -0.05) is 12.1 Å². The number of carbonyl (C=O) groups is 2. The van der Waals surface area contributed by atoms with Crippen molar-refractivity contribution in [3.8, 4) is 5.75 Å². The molecule has 1 aromatic heterocycles. The van der Waals surface area contributed by atoms with E-state index in [0.717, 1.165) is 0 Å². The van der Waals surface area contributed by atoms with Crippen molar-refractivity contribution >= 4 is 11.8 Å². The third kappa shape index (κ3) is 3.66. The fourth-order valence-corrected chi connectivity index (χ4v) is 3.05. The van der Waals surface area contributed by atoms with Gasteiger partial charge in [-0.2, -0.15) is 0 Å². The average molecular weight is 357 g/mol. The Balaban J connectivity index is 1.75. The van der Waals surface area contributed by atoms with Crippen LogP contribution in [-0.4, -0.2) is 46.3 Å². The Bertz CT molecular complexity index is 827. The summed E-state index contributed by atoms with van der Waals surface area (Å²) in [5, 5.41) is 0. The van der Waals surface area contributed by atoms with E-state index in [1.165, 1.54) is 29.0 Å². The first kappa shape index (κ1) is 17.8. The van der Waals surface area contributed by atoms with Crippen molar-refractivity contribution in [3.63, 3.8) is 0 Å². The Labute approximate surface area is 151 Å². The lowest BCUT2D eigenvalue weighted by atomic mass is 10.1. The van der Waals surface area contributed by atoms with Gasteiger partial charge in [0.1, 0.15) is 29.8 Å². The summed E-state index contributed by atoms with van der Waals surface area (Å²) >= 11 is 0. The minimum Gasteiger partial charge on any atom is -0.495 e. The standard InChI is InChI=1S/C19H20FN3O3/c1-13-19(25)22(10-14-5-3-6-15(20)9-14)12-18(24)23(13)11-16-17(26-2)7-4-8-21-16/h3-9,13H,10-12H2,1-2H3/t13-/m0/s1. The van der Waals surface area contributed by atoms with E-state index < -0.39 is 6.04 Å². The van der Waals surface area contributed by atoms with E-state index in [9.17, 15) is 14.0 Å². The van der Waals surface area contributed by atoms with Gasteiger partial charge < -0.3 is 14.5 Å². The monoisotopic (exact) mass is 357 g/mol. The molecule has 6 nitrogen and oxygen atoms in total. The van der Waals surface area contributed by atoms with Gasteiger partial charge in [0.25, 0.3) is 0 Å². The smallest absolute Gasteiger partial charge is 0.245 e. The van der Waals surface area contributed by atoms with Crippen LogP contribution in [0.4, 0.5) is 4.39 Å². The number of pyridine rings is 1. The largest absolute Gasteiger partial charge is 0.495 e. The average Bonchev–Trinajstić information content (AvgIpc) is 2.63. The van der Waals surface area contributed by atoms with E-state index in [1.54, 1.807) is 37.4 Å². The SMILES string of the molecule is COc1cccnc1CN1C(=O)CN(Cc2cccc(F)c2)C(=O)[C@@H]1C. The first-order chi connectivity index (χ1) is 12.5. The molecule has 2 aromatic rings. The number of amides is 2. The molecule has 1 atom stereocenters. The van der Waals surface area contributed by atoms with Crippen molar-refractivity contribution in [3.05, 3.63) is 59.7 Å². The van der Waals surface area contributed by atoms with E-state index in [2.05, 4.69) is 4.98 Å². The quantitative estimate of drug-likeness (QED) is 0.821. The van der Waals surface area contributed by atoms with Crippen LogP contribution in [0.5, 0.6) is 5.75 Å². The lowest BCUT2D eigenvalue weighted by molar-refractivity contribution is -0.156. The van der Waals surface area contributed by atoms with Gasteiger partial charge in [-0.3, -0.25) is 14.6 Å². The number of halogens is 1. The Hall–Kier alpha value is -2.96.